The Bertz CT molecular complexity index is 1620. The number of imidazole rings is 1. The van der Waals surface area contributed by atoms with Gasteiger partial charge in [0.05, 0.1) is 22.9 Å². The van der Waals surface area contributed by atoms with Crippen LogP contribution in [0.2, 0.25) is 10.0 Å². The van der Waals surface area contributed by atoms with Gasteiger partial charge in [0.1, 0.15) is 11.6 Å². The van der Waals surface area contributed by atoms with Gasteiger partial charge in [-0.1, -0.05) is 54.9 Å². The zero-order chi connectivity index (χ0) is 28.7. The summed E-state index contributed by atoms with van der Waals surface area (Å²) in [7, 11) is -4.04. The average molecular weight is 613 g/mol. The number of halogens is 4. The van der Waals surface area contributed by atoms with Crippen molar-refractivity contribution in [3.8, 4) is 5.69 Å². The van der Waals surface area contributed by atoms with Crippen LogP contribution in [0.25, 0.3) is 5.69 Å². The molecule has 0 amide bonds. The van der Waals surface area contributed by atoms with Crippen molar-refractivity contribution < 1.29 is 22.3 Å². The maximum atomic E-state index is 14.7. The largest absolute Gasteiger partial charge is 0.389 e. The van der Waals surface area contributed by atoms with Crippen LogP contribution < -0.4 is 5.14 Å². The summed E-state index contributed by atoms with van der Waals surface area (Å²) in [6.45, 7) is 5.48. The van der Waals surface area contributed by atoms with Crippen LogP contribution in [-0.4, -0.2) is 23.1 Å². The molecular formula is C27H25Cl2F2N3O3S2. The van der Waals surface area contributed by atoms with Crippen LogP contribution in [0, 0.1) is 11.6 Å². The third kappa shape index (κ3) is 6.16. The molecule has 4 rings (SSSR count). The second-order valence-corrected chi connectivity index (χ2v) is 12.8. The highest BCUT2D eigenvalue weighted by Gasteiger charge is 2.31. The Morgan fingerprint density at radius 2 is 1.69 bits per heavy atom. The predicted molar refractivity (Wildman–Crippen MR) is 150 cm³/mol. The molecule has 0 radical (unpaired) electrons. The molecule has 0 aliphatic carbocycles. The van der Waals surface area contributed by atoms with Crippen molar-refractivity contribution in [2.24, 2.45) is 5.14 Å². The van der Waals surface area contributed by atoms with Gasteiger partial charge in [-0.15, -0.1) is 0 Å². The van der Waals surface area contributed by atoms with Gasteiger partial charge >= 0.3 is 0 Å². The molecule has 206 valence electrons. The minimum atomic E-state index is -4.04. The lowest BCUT2D eigenvalue weighted by Gasteiger charge is -2.28. The molecule has 39 heavy (non-hydrogen) atoms. The van der Waals surface area contributed by atoms with Crippen LogP contribution in [0.3, 0.4) is 0 Å². The van der Waals surface area contributed by atoms with E-state index in [2.05, 4.69) is 4.98 Å². The van der Waals surface area contributed by atoms with E-state index in [1.807, 2.05) is 18.4 Å². The van der Waals surface area contributed by atoms with E-state index in [4.69, 9.17) is 28.3 Å². The average Bonchev–Trinajstić information content (AvgIpc) is 3.27. The first kappa shape index (κ1) is 29.5. The van der Waals surface area contributed by atoms with E-state index in [0.717, 1.165) is 17.3 Å². The van der Waals surface area contributed by atoms with Crippen molar-refractivity contribution in [2.75, 3.05) is 0 Å². The molecule has 3 aromatic carbocycles. The molecule has 1 unspecified atom stereocenters. The number of aliphatic hydroxyl groups excluding tert-OH is 1. The number of thioether (sulfide) groups is 1. The summed E-state index contributed by atoms with van der Waals surface area (Å²) in [5.41, 5.74) is 2.07. The molecule has 12 heteroatoms. The van der Waals surface area contributed by atoms with E-state index in [9.17, 15) is 22.3 Å². The first-order chi connectivity index (χ1) is 18.2. The molecule has 0 saturated heterocycles. The lowest BCUT2D eigenvalue weighted by atomic mass is 9.81. The molecule has 6 nitrogen and oxygen atoms in total. The second-order valence-electron chi connectivity index (χ2n) is 9.48. The first-order valence-electron chi connectivity index (χ1n) is 11.7. The van der Waals surface area contributed by atoms with Gasteiger partial charge in [0.15, 0.2) is 5.16 Å². The Morgan fingerprint density at radius 1 is 1.08 bits per heavy atom. The fourth-order valence-corrected chi connectivity index (χ4v) is 6.48. The second kappa shape index (κ2) is 11.2. The summed E-state index contributed by atoms with van der Waals surface area (Å²) < 4.78 is 53.4. The summed E-state index contributed by atoms with van der Waals surface area (Å²) in [4.78, 5) is 4.27. The Kier molecular flexibility index (Phi) is 8.47. The summed E-state index contributed by atoms with van der Waals surface area (Å²) >= 11 is 14.2. The molecular weight excluding hydrogens is 587 g/mol. The first-order valence-corrected chi connectivity index (χ1v) is 14.9. The Balaban J connectivity index is 1.77. The summed E-state index contributed by atoms with van der Waals surface area (Å²) in [6, 6.07) is 12.9. The number of nitrogens with zero attached hydrogens (tertiary/aromatic N) is 2. The maximum absolute atomic E-state index is 14.7. The normalized spacial score (nSPS) is 13.1. The van der Waals surface area contributed by atoms with Crippen molar-refractivity contribution in [1.29, 1.82) is 0 Å². The highest BCUT2D eigenvalue weighted by atomic mass is 35.5. The van der Waals surface area contributed by atoms with Gasteiger partial charge in [-0.2, -0.15) is 0 Å². The monoisotopic (exact) mass is 611 g/mol. The van der Waals surface area contributed by atoms with Gasteiger partial charge in [-0.05, 0) is 66.6 Å². The zero-order valence-corrected chi connectivity index (χ0v) is 24.3. The Morgan fingerprint density at radius 3 is 2.23 bits per heavy atom. The van der Waals surface area contributed by atoms with Gasteiger partial charge in [0, 0.05) is 32.5 Å². The lowest BCUT2D eigenvalue weighted by molar-refractivity contribution is 0.199. The third-order valence-corrected chi connectivity index (χ3v) is 8.92. The van der Waals surface area contributed by atoms with Crippen molar-refractivity contribution in [1.82, 2.24) is 9.55 Å². The number of rotatable bonds is 8. The number of primary sulfonamides is 1. The van der Waals surface area contributed by atoms with E-state index in [1.165, 1.54) is 36.0 Å². The van der Waals surface area contributed by atoms with Gasteiger partial charge in [0.2, 0.25) is 10.0 Å². The zero-order valence-electron chi connectivity index (χ0n) is 21.1. The number of benzene rings is 3. The molecule has 0 fully saturated rings. The fourth-order valence-electron chi connectivity index (χ4n) is 4.17. The van der Waals surface area contributed by atoms with Crippen LogP contribution in [0.1, 0.15) is 49.3 Å². The molecule has 1 aromatic heterocycles. The number of hydrogen-bond acceptors (Lipinski definition) is 5. The minimum Gasteiger partial charge on any atom is -0.389 e. The standard InChI is InChI=1S/C27H25Cl2F2N3O3S2/c1-15(35)25-21(28)10-17(11-22(25)29)27(2,3)24-13-33-26(34(24)19-7-5-18(30)6-8-19)38-14-16-4-9-20(12-23(16)31)39(32,36)37/h4-13,15,35H,14H2,1-3H3,(H2,32,36,37). The van der Waals surface area contributed by atoms with E-state index >= 15 is 0 Å². The van der Waals surface area contributed by atoms with Crippen molar-refractivity contribution in [3.63, 3.8) is 0 Å². The molecule has 4 aromatic rings. The number of nitrogens with two attached hydrogens (primary N) is 1. The summed E-state index contributed by atoms with van der Waals surface area (Å²) in [5.74, 6) is -0.981. The molecule has 0 aliphatic heterocycles. The molecule has 1 heterocycles. The van der Waals surface area contributed by atoms with E-state index in [0.29, 0.717) is 26.5 Å². The molecule has 0 aliphatic rings. The fraction of sp³-hybridized carbons (Fsp3) is 0.222. The topological polar surface area (TPSA) is 98.2 Å². The number of aliphatic hydroxyl groups is 1. The molecule has 0 spiro atoms. The molecule has 0 saturated carbocycles. The third-order valence-electron chi connectivity index (χ3n) is 6.38. The van der Waals surface area contributed by atoms with Crippen molar-refractivity contribution in [2.45, 2.75) is 48.1 Å². The van der Waals surface area contributed by atoms with Gasteiger partial charge < -0.3 is 5.11 Å². The summed E-state index contributed by atoms with van der Waals surface area (Å²) in [5, 5.41) is 16.3. The number of hydrogen-bond donors (Lipinski definition) is 2. The Hall–Kier alpha value is -2.47. The van der Waals surface area contributed by atoms with Gasteiger partial charge in [0.25, 0.3) is 0 Å². The van der Waals surface area contributed by atoms with E-state index in [-0.39, 0.29) is 16.2 Å². The van der Waals surface area contributed by atoms with Gasteiger partial charge in [-0.25, -0.2) is 27.3 Å². The smallest absolute Gasteiger partial charge is 0.238 e. The van der Waals surface area contributed by atoms with Crippen LogP contribution in [-0.2, 0) is 21.2 Å². The molecule has 3 N–H and O–H groups in total. The van der Waals surface area contributed by atoms with Gasteiger partial charge in [-0.3, -0.25) is 4.57 Å². The summed E-state index contributed by atoms with van der Waals surface area (Å²) in [6.07, 6.45) is 0.825. The molecule has 1 atom stereocenters. The predicted octanol–water partition coefficient (Wildman–Crippen LogP) is 6.78. The number of sulfonamides is 1. The SMILES string of the molecule is CC(O)c1c(Cl)cc(C(C)(C)c2cnc(SCc3ccc(S(N)(=O)=O)cc3F)n2-c2ccc(F)cc2)cc1Cl. The van der Waals surface area contributed by atoms with Crippen LogP contribution in [0.4, 0.5) is 8.78 Å². The van der Waals surface area contributed by atoms with Crippen molar-refractivity contribution in [3.05, 3.63) is 105 Å². The Labute approximate surface area is 239 Å². The van der Waals surface area contributed by atoms with Crippen LogP contribution in [0.5, 0.6) is 0 Å². The van der Waals surface area contributed by atoms with Crippen LogP contribution >= 0.6 is 35.0 Å². The lowest BCUT2D eigenvalue weighted by Crippen LogP contribution is -2.23. The number of aromatic nitrogens is 2. The maximum Gasteiger partial charge on any atom is 0.238 e. The van der Waals surface area contributed by atoms with Crippen molar-refractivity contribution >= 4 is 45.0 Å². The van der Waals surface area contributed by atoms with E-state index < -0.39 is 33.2 Å². The molecule has 0 bridgehead atoms. The minimum absolute atomic E-state index is 0.134. The van der Waals surface area contributed by atoms with E-state index in [1.54, 1.807) is 37.4 Å². The van der Waals surface area contributed by atoms with Crippen LogP contribution in [0.15, 0.2) is 70.8 Å². The quantitative estimate of drug-likeness (QED) is 0.214. The highest BCUT2D eigenvalue weighted by Crippen LogP contribution is 2.41. The highest BCUT2D eigenvalue weighted by molar-refractivity contribution is 7.98.